The number of nitrogens with one attached hydrogen (secondary N) is 1. The number of benzene rings is 2. The van der Waals surface area contributed by atoms with Crippen molar-refractivity contribution in [1.82, 2.24) is 9.21 Å². The van der Waals surface area contributed by atoms with Crippen molar-refractivity contribution in [3.63, 3.8) is 0 Å². The summed E-state index contributed by atoms with van der Waals surface area (Å²) in [7, 11) is -3.57. The quantitative estimate of drug-likeness (QED) is 0.763. The van der Waals surface area contributed by atoms with Gasteiger partial charge in [-0.3, -0.25) is 0 Å². The van der Waals surface area contributed by atoms with Crippen LogP contribution in [0.5, 0.6) is 0 Å². The molecule has 138 valence electrons. The number of carbonyl (C=O) groups excluding carboxylic acids is 1. The molecule has 1 saturated heterocycles. The van der Waals surface area contributed by atoms with Gasteiger partial charge in [-0.25, -0.2) is 13.2 Å². The molecule has 0 bridgehead atoms. The van der Waals surface area contributed by atoms with Crippen molar-refractivity contribution in [3.8, 4) is 0 Å². The zero-order valence-corrected chi connectivity index (χ0v) is 16.9. The van der Waals surface area contributed by atoms with Gasteiger partial charge in [-0.05, 0) is 36.4 Å². The lowest BCUT2D eigenvalue weighted by Crippen LogP contribution is -2.51. The molecule has 26 heavy (non-hydrogen) atoms. The first-order chi connectivity index (χ1) is 12.4. The normalized spacial score (nSPS) is 15.7. The zero-order chi connectivity index (χ0) is 18.7. The Labute approximate surface area is 165 Å². The highest BCUT2D eigenvalue weighted by molar-refractivity contribution is 9.10. The van der Waals surface area contributed by atoms with E-state index in [0.29, 0.717) is 28.3 Å². The second-order valence-electron chi connectivity index (χ2n) is 5.79. The Kier molecular flexibility index (Phi) is 5.86. The Morgan fingerprint density at radius 2 is 1.73 bits per heavy atom. The van der Waals surface area contributed by atoms with Gasteiger partial charge in [0.15, 0.2) is 0 Å². The highest BCUT2D eigenvalue weighted by Crippen LogP contribution is 2.21. The summed E-state index contributed by atoms with van der Waals surface area (Å²) >= 11 is 9.20. The van der Waals surface area contributed by atoms with E-state index in [1.165, 1.54) is 4.31 Å². The topological polar surface area (TPSA) is 69.7 Å². The fraction of sp³-hybridized carbons (Fsp3) is 0.235. The first-order valence-electron chi connectivity index (χ1n) is 7.93. The number of rotatable bonds is 3. The van der Waals surface area contributed by atoms with Gasteiger partial charge in [0, 0.05) is 41.4 Å². The molecule has 6 nitrogen and oxygen atoms in total. The third-order valence-corrected chi connectivity index (χ3v) is 6.66. The number of nitrogens with zero attached hydrogens (tertiary/aromatic N) is 2. The van der Waals surface area contributed by atoms with E-state index in [2.05, 4.69) is 21.2 Å². The van der Waals surface area contributed by atoms with E-state index < -0.39 is 10.0 Å². The van der Waals surface area contributed by atoms with Gasteiger partial charge in [0.25, 0.3) is 0 Å². The standard InChI is InChI=1S/C17H17BrClN3O3S/c18-13-3-1-6-16(11-13)26(24,25)22-9-7-21(8-10-22)17(23)20-15-5-2-4-14(19)12-15/h1-6,11-12H,7-10H2,(H,20,23). The van der Waals surface area contributed by atoms with E-state index in [1.807, 2.05) is 0 Å². The maximum atomic E-state index is 12.7. The molecule has 0 aromatic heterocycles. The molecule has 0 aliphatic carbocycles. The van der Waals surface area contributed by atoms with Gasteiger partial charge < -0.3 is 10.2 Å². The summed E-state index contributed by atoms with van der Waals surface area (Å²) in [6.45, 7) is 1.13. The molecule has 2 aromatic carbocycles. The van der Waals surface area contributed by atoms with E-state index in [9.17, 15) is 13.2 Å². The summed E-state index contributed by atoms with van der Waals surface area (Å²) in [6, 6.07) is 13.2. The highest BCUT2D eigenvalue weighted by atomic mass is 79.9. The highest BCUT2D eigenvalue weighted by Gasteiger charge is 2.30. The number of halogens is 2. The van der Waals surface area contributed by atoms with Crippen LogP contribution in [0.1, 0.15) is 0 Å². The Morgan fingerprint density at radius 3 is 2.38 bits per heavy atom. The second-order valence-corrected chi connectivity index (χ2v) is 9.08. The molecule has 0 atom stereocenters. The molecular formula is C17H17BrClN3O3S. The predicted molar refractivity (Wildman–Crippen MR) is 105 cm³/mol. The van der Waals surface area contributed by atoms with Crippen molar-refractivity contribution in [1.29, 1.82) is 0 Å². The summed E-state index contributed by atoms with van der Waals surface area (Å²) in [5.41, 5.74) is 0.603. The van der Waals surface area contributed by atoms with Crippen LogP contribution in [-0.4, -0.2) is 49.8 Å². The SMILES string of the molecule is O=C(Nc1cccc(Cl)c1)N1CCN(S(=O)(=O)c2cccc(Br)c2)CC1. The summed E-state index contributed by atoms with van der Waals surface area (Å²) in [5, 5.41) is 3.31. The predicted octanol–water partition coefficient (Wildman–Crippen LogP) is 3.64. The molecule has 1 N–H and O–H groups in total. The van der Waals surface area contributed by atoms with Gasteiger partial charge in [0.2, 0.25) is 10.0 Å². The van der Waals surface area contributed by atoms with E-state index in [1.54, 1.807) is 53.4 Å². The third-order valence-electron chi connectivity index (χ3n) is 4.04. The van der Waals surface area contributed by atoms with Gasteiger partial charge in [0.05, 0.1) is 4.90 Å². The lowest BCUT2D eigenvalue weighted by molar-refractivity contribution is 0.184. The number of hydrogen-bond donors (Lipinski definition) is 1. The molecule has 1 aliphatic rings. The van der Waals surface area contributed by atoms with Crippen molar-refractivity contribution >= 4 is 49.3 Å². The third kappa shape index (κ3) is 4.37. The Bertz CT molecular complexity index is 915. The fourth-order valence-corrected chi connectivity index (χ4v) is 4.89. The van der Waals surface area contributed by atoms with E-state index in [-0.39, 0.29) is 24.0 Å². The first kappa shape index (κ1) is 19.2. The number of sulfonamides is 1. The molecule has 0 saturated carbocycles. The monoisotopic (exact) mass is 457 g/mol. The molecular weight excluding hydrogens is 442 g/mol. The average molecular weight is 459 g/mol. The lowest BCUT2D eigenvalue weighted by Gasteiger charge is -2.34. The van der Waals surface area contributed by atoms with Crippen molar-refractivity contribution in [3.05, 3.63) is 58.0 Å². The number of hydrogen-bond acceptors (Lipinski definition) is 3. The molecule has 1 aliphatic heterocycles. The average Bonchev–Trinajstić information content (AvgIpc) is 2.62. The summed E-state index contributed by atoms with van der Waals surface area (Å²) in [6.07, 6.45) is 0. The van der Waals surface area contributed by atoms with Crippen molar-refractivity contribution in [2.45, 2.75) is 4.90 Å². The maximum Gasteiger partial charge on any atom is 0.321 e. The molecule has 2 aromatic rings. The first-order valence-corrected chi connectivity index (χ1v) is 10.5. The van der Waals surface area contributed by atoms with E-state index in [0.717, 1.165) is 0 Å². The molecule has 1 heterocycles. The summed E-state index contributed by atoms with van der Waals surface area (Å²) in [5.74, 6) is 0. The van der Waals surface area contributed by atoms with Crippen LogP contribution in [0.25, 0.3) is 0 Å². The molecule has 2 amide bonds. The molecule has 0 radical (unpaired) electrons. The Hall–Kier alpha value is -1.61. The van der Waals surface area contributed by atoms with Gasteiger partial charge in [0.1, 0.15) is 0 Å². The van der Waals surface area contributed by atoms with Crippen LogP contribution in [0.2, 0.25) is 5.02 Å². The van der Waals surface area contributed by atoms with Crippen LogP contribution in [0.3, 0.4) is 0 Å². The fourth-order valence-electron chi connectivity index (χ4n) is 2.68. The number of piperazine rings is 1. The smallest absolute Gasteiger partial charge is 0.321 e. The van der Waals surface area contributed by atoms with Crippen LogP contribution in [0, 0.1) is 0 Å². The maximum absolute atomic E-state index is 12.7. The minimum Gasteiger partial charge on any atom is -0.322 e. The number of anilines is 1. The minimum atomic E-state index is -3.57. The van der Waals surface area contributed by atoms with Gasteiger partial charge in [-0.15, -0.1) is 0 Å². The molecule has 3 rings (SSSR count). The second kappa shape index (κ2) is 7.96. The Balaban J connectivity index is 1.62. The number of amides is 2. The Morgan fingerprint density at radius 1 is 1.04 bits per heavy atom. The molecule has 1 fully saturated rings. The van der Waals surface area contributed by atoms with Gasteiger partial charge >= 0.3 is 6.03 Å². The van der Waals surface area contributed by atoms with Crippen LogP contribution in [0.15, 0.2) is 57.9 Å². The largest absolute Gasteiger partial charge is 0.322 e. The van der Waals surface area contributed by atoms with Crippen molar-refractivity contribution in [2.75, 3.05) is 31.5 Å². The lowest BCUT2D eigenvalue weighted by atomic mass is 10.3. The van der Waals surface area contributed by atoms with Gasteiger partial charge in [-0.1, -0.05) is 39.7 Å². The summed E-state index contributed by atoms with van der Waals surface area (Å²) in [4.78, 5) is 14.2. The van der Waals surface area contributed by atoms with E-state index >= 15 is 0 Å². The van der Waals surface area contributed by atoms with Crippen molar-refractivity contribution in [2.24, 2.45) is 0 Å². The molecule has 9 heteroatoms. The minimum absolute atomic E-state index is 0.240. The number of carbonyl (C=O) groups is 1. The van der Waals surface area contributed by atoms with E-state index in [4.69, 9.17) is 11.6 Å². The summed E-state index contributed by atoms with van der Waals surface area (Å²) < 4.78 is 27.5. The van der Waals surface area contributed by atoms with Gasteiger partial charge in [-0.2, -0.15) is 4.31 Å². The van der Waals surface area contributed by atoms with Crippen LogP contribution >= 0.6 is 27.5 Å². The molecule has 0 unspecified atom stereocenters. The molecule has 0 spiro atoms. The van der Waals surface area contributed by atoms with Crippen molar-refractivity contribution < 1.29 is 13.2 Å². The zero-order valence-electron chi connectivity index (χ0n) is 13.7. The van der Waals surface area contributed by atoms with Crippen LogP contribution in [-0.2, 0) is 10.0 Å². The van der Waals surface area contributed by atoms with Crippen LogP contribution < -0.4 is 5.32 Å². The number of urea groups is 1. The van der Waals surface area contributed by atoms with Crippen LogP contribution in [0.4, 0.5) is 10.5 Å².